The van der Waals surface area contributed by atoms with Gasteiger partial charge in [-0.15, -0.1) is 0 Å². The fraction of sp³-hybridized carbons (Fsp3) is 0.500. The van der Waals surface area contributed by atoms with Gasteiger partial charge in [-0.2, -0.15) is 8.78 Å². The van der Waals surface area contributed by atoms with Crippen LogP contribution in [0.4, 0.5) is 13.6 Å². The molecule has 2 heterocycles. The largest absolute Gasteiger partial charge is 0.445 e. The first-order valence-electron chi connectivity index (χ1n) is 7.56. The van der Waals surface area contributed by atoms with Gasteiger partial charge in [0.1, 0.15) is 6.61 Å². The van der Waals surface area contributed by atoms with Crippen molar-refractivity contribution in [2.24, 2.45) is 5.41 Å². The maximum absolute atomic E-state index is 14.0. The van der Waals surface area contributed by atoms with Crippen LogP contribution in [-0.4, -0.2) is 42.5 Å². The maximum Gasteiger partial charge on any atom is 0.410 e. The number of hydrogen-bond donors (Lipinski definition) is 1. The molecule has 0 aromatic heterocycles. The molecule has 23 heavy (non-hydrogen) atoms. The van der Waals surface area contributed by atoms with E-state index in [4.69, 9.17) is 4.74 Å². The van der Waals surface area contributed by atoms with Gasteiger partial charge in [0.05, 0.1) is 5.41 Å². The summed E-state index contributed by atoms with van der Waals surface area (Å²) >= 11 is 0. The van der Waals surface area contributed by atoms with Crippen molar-refractivity contribution in [3.8, 4) is 0 Å². The molecule has 1 aromatic rings. The number of amides is 2. The third kappa shape index (κ3) is 2.75. The van der Waals surface area contributed by atoms with Crippen LogP contribution in [-0.2, 0) is 16.1 Å². The first kappa shape index (κ1) is 15.7. The summed E-state index contributed by atoms with van der Waals surface area (Å²) in [6, 6.07) is 9.25. The first-order valence-corrected chi connectivity index (χ1v) is 7.56. The summed E-state index contributed by atoms with van der Waals surface area (Å²) in [5.41, 5.74) is -0.508. The van der Waals surface area contributed by atoms with Crippen molar-refractivity contribution in [1.29, 1.82) is 0 Å². The van der Waals surface area contributed by atoms with Crippen LogP contribution in [0.2, 0.25) is 0 Å². The summed E-state index contributed by atoms with van der Waals surface area (Å²) in [4.78, 5) is 24.7. The molecule has 0 aliphatic carbocycles. The Hall–Kier alpha value is -2.18. The first-order chi connectivity index (χ1) is 10.9. The van der Waals surface area contributed by atoms with Gasteiger partial charge in [-0.05, 0) is 18.4 Å². The van der Waals surface area contributed by atoms with Gasteiger partial charge in [0.2, 0.25) is 0 Å². The molecule has 0 saturated carbocycles. The minimum Gasteiger partial charge on any atom is -0.445 e. The number of rotatable bonds is 2. The lowest BCUT2D eigenvalue weighted by Crippen LogP contribution is -2.51. The van der Waals surface area contributed by atoms with Crippen molar-refractivity contribution in [3.63, 3.8) is 0 Å². The number of carbonyl (C=O) groups excluding carboxylic acids is 2. The Morgan fingerprint density at radius 2 is 1.87 bits per heavy atom. The van der Waals surface area contributed by atoms with Crippen molar-refractivity contribution < 1.29 is 23.1 Å². The third-order valence-electron chi connectivity index (χ3n) is 4.72. The molecule has 0 radical (unpaired) electrons. The number of piperidine rings is 1. The second-order valence-corrected chi connectivity index (χ2v) is 6.06. The molecule has 2 aliphatic heterocycles. The van der Waals surface area contributed by atoms with E-state index in [1.54, 1.807) is 0 Å². The molecule has 2 amide bonds. The van der Waals surface area contributed by atoms with Gasteiger partial charge in [-0.1, -0.05) is 30.3 Å². The number of carbonyl (C=O) groups is 2. The second kappa shape index (κ2) is 5.79. The molecule has 124 valence electrons. The molecule has 0 unspecified atom stereocenters. The fourth-order valence-corrected chi connectivity index (χ4v) is 3.13. The molecule has 2 saturated heterocycles. The van der Waals surface area contributed by atoms with E-state index >= 15 is 0 Å². The van der Waals surface area contributed by atoms with Gasteiger partial charge < -0.3 is 15.0 Å². The van der Waals surface area contributed by atoms with Crippen LogP contribution in [0.25, 0.3) is 0 Å². The lowest BCUT2D eigenvalue weighted by Gasteiger charge is -2.40. The molecule has 3 rings (SSSR count). The number of halogens is 2. The minimum absolute atomic E-state index is 0.0360. The Labute approximate surface area is 132 Å². The van der Waals surface area contributed by atoms with Crippen LogP contribution in [0.15, 0.2) is 30.3 Å². The average molecular weight is 324 g/mol. The Morgan fingerprint density at radius 1 is 1.22 bits per heavy atom. The molecule has 1 spiro atoms. The smallest absolute Gasteiger partial charge is 0.410 e. The van der Waals surface area contributed by atoms with E-state index in [0.29, 0.717) is 0 Å². The number of likely N-dealkylation sites (tertiary alicyclic amines) is 1. The van der Waals surface area contributed by atoms with E-state index in [9.17, 15) is 18.4 Å². The van der Waals surface area contributed by atoms with Crippen molar-refractivity contribution in [2.75, 3.05) is 19.6 Å². The Kier molecular flexibility index (Phi) is 3.95. The second-order valence-electron chi connectivity index (χ2n) is 6.06. The zero-order valence-corrected chi connectivity index (χ0v) is 12.6. The highest BCUT2D eigenvalue weighted by Gasteiger charge is 2.63. The van der Waals surface area contributed by atoms with Gasteiger partial charge in [0.15, 0.2) is 0 Å². The zero-order valence-electron chi connectivity index (χ0n) is 12.6. The summed E-state index contributed by atoms with van der Waals surface area (Å²) in [6.45, 7) is 0.444. The van der Waals surface area contributed by atoms with E-state index < -0.39 is 23.3 Å². The quantitative estimate of drug-likeness (QED) is 0.907. The van der Waals surface area contributed by atoms with E-state index in [1.165, 1.54) is 4.90 Å². The van der Waals surface area contributed by atoms with Crippen LogP contribution >= 0.6 is 0 Å². The van der Waals surface area contributed by atoms with Gasteiger partial charge in [0, 0.05) is 19.6 Å². The van der Waals surface area contributed by atoms with Crippen LogP contribution in [0.1, 0.15) is 18.4 Å². The normalized spacial score (nSPS) is 22.0. The lowest BCUT2D eigenvalue weighted by atomic mass is 9.75. The number of hydrogen-bond acceptors (Lipinski definition) is 3. The summed E-state index contributed by atoms with van der Waals surface area (Å²) in [7, 11) is 0. The molecule has 0 bridgehead atoms. The monoisotopic (exact) mass is 324 g/mol. The van der Waals surface area contributed by atoms with Gasteiger partial charge >= 0.3 is 12.0 Å². The molecule has 7 heteroatoms. The summed E-state index contributed by atoms with van der Waals surface area (Å²) < 4.78 is 33.3. The van der Waals surface area contributed by atoms with Crippen molar-refractivity contribution in [2.45, 2.75) is 25.4 Å². The average Bonchev–Trinajstić information content (AvgIpc) is 2.78. The van der Waals surface area contributed by atoms with Crippen molar-refractivity contribution in [1.82, 2.24) is 10.2 Å². The standard InChI is InChI=1S/C16H18F2N2O3/c17-16(18)13(21)19-11-15(16)6-8-20(9-7-15)14(22)23-10-12-4-2-1-3-5-12/h1-5H,6-11H2,(H,19,21). The Morgan fingerprint density at radius 3 is 2.43 bits per heavy atom. The van der Waals surface area contributed by atoms with E-state index in [1.807, 2.05) is 30.3 Å². The molecule has 2 fully saturated rings. The number of nitrogens with zero attached hydrogens (tertiary/aromatic N) is 1. The Balaban J connectivity index is 1.55. The molecule has 5 nitrogen and oxygen atoms in total. The molecule has 1 aromatic carbocycles. The van der Waals surface area contributed by atoms with Crippen LogP contribution < -0.4 is 5.32 Å². The summed E-state index contributed by atoms with van der Waals surface area (Å²) in [5, 5.41) is 2.24. The van der Waals surface area contributed by atoms with E-state index in [0.717, 1.165) is 5.56 Å². The predicted molar refractivity (Wildman–Crippen MR) is 77.8 cm³/mol. The van der Waals surface area contributed by atoms with Gasteiger partial charge in [-0.25, -0.2) is 4.79 Å². The summed E-state index contributed by atoms with van der Waals surface area (Å²) in [5.74, 6) is -4.58. The van der Waals surface area contributed by atoms with Crippen molar-refractivity contribution >= 4 is 12.0 Å². The van der Waals surface area contributed by atoms with Crippen LogP contribution in [0, 0.1) is 5.41 Å². The third-order valence-corrected chi connectivity index (χ3v) is 4.72. The Bertz CT molecular complexity index is 599. The SMILES string of the molecule is O=C(OCc1ccccc1)N1CCC2(CC1)CNC(=O)C2(F)F. The molecule has 2 aliphatic rings. The van der Waals surface area contributed by atoms with Gasteiger partial charge in [-0.3, -0.25) is 4.79 Å². The fourth-order valence-electron chi connectivity index (χ4n) is 3.13. The molecule has 1 N–H and O–H groups in total. The highest BCUT2D eigenvalue weighted by molar-refractivity contribution is 5.87. The molecule has 0 atom stereocenters. The number of alkyl halides is 2. The van der Waals surface area contributed by atoms with E-state index in [-0.39, 0.29) is 39.1 Å². The van der Waals surface area contributed by atoms with Gasteiger partial charge in [0.25, 0.3) is 5.91 Å². The lowest BCUT2D eigenvalue weighted by molar-refractivity contribution is -0.158. The van der Waals surface area contributed by atoms with Crippen LogP contribution in [0.5, 0.6) is 0 Å². The highest BCUT2D eigenvalue weighted by atomic mass is 19.3. The number of benzene rings is 1. The topological polar surface area (TPSA) is 58.6 Å². The number of ether oxygens (including phenoxy) is 1. The van der Waals surface area contributed by atoms with E-state index in [2.05, 4.69) is 5.32 Å². The van der Waals surface area contributed by atoms with Crippen molar-refractivity contribution in [3.05, 3.63) is 35.9 Å². The predicted octanol–water partition coefficient (Wildman–Crippen LogP) is 2.17. The van der Waals surface area contributed by atoms with Crippen LogP contribution in [0.3, 0.4) is 0 Å². The maximum atomic E-state index is 14.0. The zero-order chi connectivity index (χ0) is 16.5. The number of nitrogens with one attached hydrogen (secondary N) is 1. The molecular formula is C16H18F2N2O3. The summed E-state index contributed by atoms with van der Waals surface area (Å²) in [6.07, 6.45) is -0.345. The highest BCUT2D eigenvalue weighted by Crippen LogP contribution is 2.48. The molecular weight excluding hydrogens is 306 g/mol. The minimum atomic E-state index is -3.37.